The molecule has 0 atom stereocenters. The molecule has 1 aromatic carbocycles. The fourth-order valence-electron chi connectivity index (χ4n) is 2.36. The van der Waals surface area contributed by atoms with Gasteiger partial charge in [0.2, 0.25) is 0 Å². The molecule has 21 heavy (non-hydrogen) atoms. The Morgan fingerprint density at radius 1 is 1.24 bits per heavy atom. The van der Waals surface area contributed by atoms with E-state index in [1.807, 2.05) is 42.7 Å². The lowest BCUT2D eigenvalue weighted by atomic mass is 10.1. The monoisotopic (exact) mass is 282 g/mol. The molecule has 0 spiro atoms. The van der Waals surface area contributed by atoms with Gasteiger partial charge in [0.05, 0.1) is 13.7 Å². The molecule has 1 N–H and O–H groups in total. The molecule has 2 aromatic heterocycles. The number of nitrogens with one attached hydrogen (secondary N) is 1. The van der Waals surface area contributed by atoms with Crippen molar-refractivity contribution in [3.63, 3.8) is 0 Å². The van der Waals surface area contributed by atoms with Gasteiger partial charge in [-0.15, -0.1) is 0 Å². The molecule has 0 aliphatic heterocycles. The zero-order valence-electron chi connectivity index (χ0n) is 12.2. The highest BCUT2D eigenvalue weighted by Crippen LogP contribution is 2.28. The summed E-state index contributed by atoms with van der Waals surface area (Å²) in [4.78, 5) is 4.10. The van der Waals surface area contributed by atoms with Gasteiger partial charge in [-0.2, -0.15) is 0 Å². The largest absolute Gasteiger partial charge is 0.493 e. The first-order valence-corrected chi connectivity index (χ1v) is 6.93. The molecule has 4 heteroatoms. The van der Waals surface area contributed by atoms with Gasteiger partial charge in [-0.3, -0.25) is 4.98 Å². The first-order valence-electron chi connectivity index (χ1n) is 6.93. The number of para-hydroxylation sites is 1. The van der Waals surface area contributed by atoms with Gasteiger partial charge < -0.3 is 14.5 Å². The Morgan fingerprint density at radius 2 is 2.14 bits per heavy atom. The first-order chi connectivity index (χ1) is 10.3. The number of methoxy groups -OCH3 is 1. The van der Waals surface area contributed by atoms with Crippen molar-refractivity contribution in [3.8, 4) is 5.75 Å². The average molecular weight is 282 g/mol. The fourth-order valence-corrected chi connectivity index (χ4v) is 2.36. The molecular weight excluding hydrogens is 264 g/mol. The Morgan fingerprint density at radius 3 is 2.95 bits per heavy atom. The van der Waals surface area contributed by atoms with E-state index in [9.17, 15) is 0 Å². The number of furan rings is 1. The Bertz CT molecular complexity index is 749. The molecule has 0 aliphatic carbocycles. The third-order valence-corrected chi connectivity index (χ3v) is 3.53. The summed E-state index contributed by atoms with van der Waals surface area (Å²) in [5.74, 6) is 1.67. The highest BCUT2D eigenvalue weighted by Gasteiger charge is 2.08. The average Bonchev–Trinajstić information content (AvgIpc) is 2.92. The zero-order chi connectivity index (χ0) is 14.7. The summed E-state index contributed by atoms with van der Waals surface area (Å²) < 4.78 is 11.2. The van der Waals surface area contributed by atoms with Crippen LogP contribution in [0.5, 0.6) is 5.75 Å². The second kappa shape index (κ2) is 5.97. The van der Waals surface area contributed by atoms with Gasteiger partial charge in [0.15, 0.2) is 11.3 Å². The number of ether oxygens (including phenoxy) is 1. The predicted molar refractivity (Wildman–Crippen MR) is 82.3 cm³/mol. The van der Waals surface area contributed by atoms with Gasteiger partial charge in [0.1, 0.15) is 5.76 Å². The maximum Gasteiger partial charge on any atom is 0.176 e. The summed E-state index contributed by atoms with van der Waals surface area (Å²) in [6, 6.07) is 9.98. The number of aromatic nitrogens is 1. The predicted octanol–water partition coefficient (Wildman–Crippen LogP) is 3.43. The summed E-state index contributed by atoms with van der Waals surface area (Å²) >= 11 is 0. The Labute approximate surface area is 123 Å². The van der Waals surface area contributed by atoms with Gasteiger partial charge in [-0.1, -0.05) is 12.1 Å². The quantitative estimate of drug-likeness (QED) is 0.778. The standard InChI is InChI=1S/C17H18N2O2/c1-12-9-18-7-6-14(12)10-19-11-15-8-13-4-3-5-16(20-2)17(13)21-15/h3-9,19H,10-11H2,1-2H3. The van der Waals surface area contributed by atoms with Crippen molar-refractivity contribution in [2.75, 3.05) is 7.11 Å². The van der Waals surface area contributed by atoms with Crippen LogP contribution in [0.25, 0.3) is 11.0 Å². The highest BCUT2D eigenvalue weighted by atomic mass is 16.5. The third-order valence-electron chi connectivity index (χ3n) is 3.53. The van der Waals surface area contributed by atoms with Crippen LogP contribution in [-0.2, 0) is 13.1 Å². The van der Waals surface area contributed by atoms with Crippen LogP contribution in [0.1, 0.15) is 16.9 Å². The molecule has 108 valence electrons. The van der Waals surface area contributed by atoms with Crippen molar-refractivity contribution >= 4 is 11.0 Å². The van der Waals surface area contributed by atoms with Crippen LogP contribution in [0.3, 0.4) is 0 Å². The summed E-state index contributed by atoms with van der Waals surface area (Å²) in [5.41, 5.74) is 3.24. The summed E-state index contributed by atoms with van der Waals surface area (Å²) in [5, 5.41) is 4.46. The summed E-state index contributed by atoms with van der Waals surface area (Å²) in [7, 11) is 1.65. The Hall–Kier alpha value is -2.33. The van der Waals surface area contributed by atoms with Crippen molar-refractivity contribution in [1.82, 2.24) is 10.3 Å². The van der Waals surface area contributed by atoms with Crippen LogP contribution in [0.4, 0.5) is 0 Å². The van der Waals surface area contributed by atoms with Gasteiger partial charge in [0.25, 0.3) is 0 Å². The minimum Gasteiger partial charge on any atom is -0.493 e. The molecular formula is C17H18N2O2. The van der Waals surface area contributed by atoms with Gasteiger partial charge in [-0.25, -0.2) is 0 Å². The minimum atomic E-state index is 0.680. The Kier molecular flexibility index (Phi) is 3.88. The van der Waals surface area contributed by atoms with E-state index >= 15 is 0 Å². The molecule has 0 unspecified atom stereocenters. The van der Waals surface area contributed by atoms with Crippen LogP contribution < -0.4 is 10.1 Å². The number of benzene rings is 1. The first kappa shape index (κ1) is 13.6. The lowest BCUT2D eigenvalue weighted by Gasteiger charge is -2.05. The van der Waals surface area contributed by atoms with Crippen LogP contribution in [0.15, 0.2) is 47.1 Å². The van der Waals surface area contributed by atoms with Crippen molar-refractivity contribution in [2.45, 2.75) is 20.0 Å². The zero-order valence-corrected chi connectivity index (χ0v) is 12.2. The minimum absolute atomic E-state index is 0.680. The smallest absolute Gasteiger partial charge is 0.176 e. The lowest BCUT2D eigenvalue weighted by molar-refractivity contribution is 0.406. The molecule has 0 fully saturated rings. The molecule has 0 bridgehead atoms. The number of fused-ring (bicyclic) bond motifs is 1. The molecule has 3 rings (SSSR count). The normalized spacial score (nSPS) is 11.0. The van der Waals surface area contributed by atoms with E-state index in [1.54, 1.807) is 7.11 Å². The van der Waals surface area contributed by atoms with E-state index in [0.29, 0.717) is 6.54 Å². The Balaban J connectivity index is 1.70. The molecule has 0 aliphatic rings. The molecule has 0 saturated heterocycles. The van der Waals surface area contributed by atoms with Crippen LogP contribution in [-0.4, -0.2) is 12.1 Å². The number of rotatable bonds is 5. The third kappa shape index (κ3) is 2.90. The van der Waals surface area contributed by atoms with Crippen molar-refractivity contribution < 1.29 is 9.15 Å². The van der Waals surface area contributed by atoms with E-state index in [2.05, 4.69) is 17.2 Å². The number of aryl methyl sites for hydroxylation is 1. The molecule has 4 nitrogen and oxygen atoms in total. The number of nitrogens with zero attached hydrogens (tertiary/aromatic N) is 1. The van der Waals surface area contributed by atoms with E-state index < -0.39 is 0 Å². The molecule has 0 amide bonds. The SMILES string of the molecule is COc1cccc2cc(CNCc3ccncc3C)oc12. The van der Waals surface area contributed by atoms with Crippen LogP contribution >= 0.6 is 0 Å². The van der Waals surface area contributed by atoms with Crippen molar-refractivity contribution in [2.24, 2.45) is 0 Å². The van der Waals surface area contributed by atoms with Gasteiger partial charge in [-0.05, 0) is 36.2 Å². The van der Waals surface area contributed by atoms with E-state index in [4.69, 9.17) is 9.15 Å². The lowest BCUT2D eigenvalue weighted by Crippen LogP contribution is -2.13. The number of pyridine rings is 1. The van der Waals surface area contributed by atoms with Crippen molar-refractivity contribution in [1.29, 1.82) is 0 Å². The van der Waals surface area contributed by atoms with Gasteiger partial charge >= 0.3 is 0 Å². The molecule has 0 saturated carbocycles. The van der Waals surface area contributed by atoms with Crippen LogP contribution in [0, 0.1) is 6.92 Å². The van der Waals surface area contributed by atoms with Gasteiger partial charge in [0, 0.05) is 24.3 Å². The number of hydrogen-bond donors (Lipinski definition) is 1. The topological polar surface area (TPSA) is 47.3 Å². The maximum absolute atomic E-state index is 5.86. The highest BCUT2D eigenvalue weighted by molar-refractivity contribution is 5.83. The number of hydrogen-bond acceptors (Lipinski definition) is 4. The molecule has 2 heterocycles. The summed E-state index contributed by atoms with van der Waals surface area (Å²) in [6.45, 7) is 3.54. The summed E-state index contributed by atoms with van der Waals surface area (Å²) in [6.07, 6.45) is 3.69. The maximum atomic E-state index is 5.86. The van der Waals surface area contributed by atoms with Crippen LogP contribution in [0.2, 0.25) is 0 Å². The second-order valence-corrected chi connectivity index (χ2v) is 5.00. The molecule has 3 aromatic rings. The van der Waals surface area contributed by atoms with Crippen molar-refractivity contribution in [3.05, 3.63) is 59.6 Å². The second-order valence-electron chi connectivity index (χ2n) is 5.00. The van der Waals surface area contributed by atoms with E-state index in [0.717, 1.165) is 29.0 Å². The van der Waals surface area contributed by atoms with E-state index in [-0.39, 0.29) is 0 Å². The molecule has 0 radical (unpaired) electrons. The van der Waals surface area contributed by atoms with E-state index in [1.165, 1.54) is 11.1 Å². The fraction of sp³-hybridized carbons (Fsp3) is 0.235.